The molecule has 1 atom stereocenters. The molecule has 2 aromatic rings. The summed E-state index contributed by atoms with van der Waals surface area (Å²) in [4.78, 5) is 27.3. The number of ether oxygens (including phenoxy) is 1. The molecule has 1 heterocycles. The average molecular weight is 411 g/mol. The lowest BCUT2D eigenvalue weighted by molar-refractivity contribution is -0.139. The van der Waals surface area contributed by atoms with Crippen LogP contribution in [0.4, 0.5) is 4.39 Å². The molecule has 1 saturated heterocycles. The Balaban J connectivity index is 2.18. The maximum absolute atomic E-state index is 13.5. The van der Waals surface area contributed by atoms with Crippen LogP contribution in [0.3, 0.4) is 0 Å². The van der Waals surface area contributed by atoms with Gasteiger partial charge in [0.25, 0.3) is 11.7 Å². The molecule has 0 spiro atoms. The molecule has 158 valence electrons. The lowest BCUT2D eigenvalue weighted by atomic mass is 9.94. The summed E-state index contributed by atoms with van der Waals surface area (Å²) in [5, 5.41) is 11.1. The van der Waals surface area contributed by atoms with Crippen molar-refractivity contribution in [3.8, 4) is 5.75 Å². The molecule has 1 N–H and O–H groups in total. The van der Waals surface area contributed by atoms with E-state index in [1.165, 1.54) is 24.1 Å². The van der Waals surface area contributed by atoms with E-state index in [2.05, 4.69) is 6.92 Å². The summed E-state index contributed by atoms with van der Waals surface area (Å²) in [7, 11) is 1.47. The second-order valence-electron chi connectivity index (χ2n) is 7.45. The van der Waals surface area contributed by atoms with Crippen LogP contribution in [0.25, 0.3) is 5.76 Å². The standard InChI is InChI=1S/C24H26FNO4/c1-4-5-6-13-26-21(16-8-10-17(25)11-9-16)20(23(28)24(26)29)22(27)18-14-15(2)7-12-19(18)30-3/h7-12,14,21,27H,4-6,13H2,1-3H3/b22-20+. The molecular formula is C24H26FNO4. The molecule has 6 heteroatoms. The van der Waals surface area contributed by atoms with E-state index in [-0.39, 0.29) is 11.3 Å². The number of aliphatic hydroxyl groups is 1. The van der Waals surface area contributed by atoms with E-state index in [1.54, 1.807) is 24.3 Å². The van der Waals surface area contributed by atoms with Gasteiger partial charge < -0.3 is 14.7 Å². The maximum Gasteiger partial charge on any atom is 0.295 e. The van der Waals surface area contributed by atoms with Crippen molar-refractivity contribution in [3.63, 3.8) is 0 Å². The fraction of sp³-hybridized carbons (Fsp3) is 0.333. The van der Waals surface area contributed by atoms with Crippen LogP contribution in [-0.4, -0.2) is 35.4 Å². The quantitative estimate of drug-likeness (QED) is 0.309. The molecule has 0 aliphatic carbocycles. The molecule has 1 aliphatic rings. The second-order valence-corrected chi connectivity index (χ2v) is 7.45. The highest BCUT2D eigenvalue weighted by molar-refractivity contribution is 6.46. The summed E-state index contributed by atoms with van der Waals surface area (Å²) in [5.74, 6) is -1.72. The number of halogens is 1. The van der Waals surface area contributed by atoms with Crippen LogP contribution in [0.15, 0.2) is 48.0 Å². The Morgan fingerprint density at radius 2 is 1.83 bits per heavy atom. The molecule has 0 aromatic heterocycles. The normalized spacial score (nSPS) is 18.1. The van der Waals surface area contributed by atoms with Gasteiger partial charge in [-0.1, -0.05) is 43.5 Å². The monoisotopic (exact) mass is 411 g/mol. The van der Waals surface area contributed by atoms with Crippen LogP contribution in [0, 0.1) is 12.7 Å². The van der Waals surface area contributed by atoms with E-state index in [0.717, 1.165) is 24.8 Å². The molecule has 0 saturated carbocycles. The van der Waals surface area contributed by atoms with Crippen LogP contribution in [0.1, 0.15) is 48.9 Å². The maximum atomic E-state index is 13.5. The molecule has 0 radical (unpaired) electrons. The number of hydrogen-bond acceptors (Lipinski definition) is 4. The Hall–Kier alpha value is -3.15. The molecule has 3 rings (SSSR count). The summed E-state index contributed by atoms with van der Waals surface area (Å²) >= 11 is 0. The number of methoxy groups -OCH3 is 1. The van der Waals surface area contributed by atoms with E-state index in [9.17, 15) is 19.1 Å². The summed E-state index contributed by atoms with van der Waals surface area (Å²) < 4.78 is 18.9. The number of carbonyl (C=O) groups excluding carboxylic acids is 2. The minimum Gasteiger partial charge on any atom is -0.507 e. The highest BCUT2D eigenvalue weighted by Crippen LogP contribution is 2.41. The first kappa shape index (κ1) is 21.6. The zero-order valence-electron chi connectivity index (χ0n) is 17.4. The van der Waals surface area contributed by atoms with Gasteiger partial charge in [0.05, 0.1) is 24.3 Å². The van der Waals surface area contributed by atoms with Crippen molar-refractivity contribution in [2.24, 2.45) is 0 Å². The Bertz CT molecular complexity index is 981. The van der Waals surface area contributed by atoms with Crippen molar-refractivity contribution in [2.45, 2.75) is 39.2 Å². The minimum atomic E-state index is -0.785. The van der Waals surface area contributed by atoms with Crippen molar-refractivity contribution < 1.29 is 23.8 Å². The number of rotatable bonds is 7. The number of aryl methyl sites for hydroxylation is 1. The molecular weight excluding hydrogens is 385 g/mol. The topological polar surface area (TPSA) is 66.8 Å². The molecule has 30 heavy (non-hydrogen) atoms. The van der Waals surface area contributed by atoms with Crippen molar-refractivity contribution in [3.05, 3.63) is 70.5 Å². The zero-order valence-corrected chi connectivity index (χ0v) is 17.4. The van der Waals surface area contributed by atoms with Gasteiger partial charge in [0.2, 0.25) is 0 Å². The number of nitrogens with zero attached hydrogens (tertiary/aromatic N) is 1. The van der Waals surface area contributed by atoms with Crippen LogP contribution in [-0.2, 0) is 9.59 Å². The van der Waals surface area contributed by atoms with Crippen LogP contribution >= 0.6 is 0 Å². The number of Topliss-reactive ketones (excluding diaryl/α,β-unsaturated/α-hetero) is 1. The zero-order chi connectivity index (χ0) is 21.8. The van der Waals surface area contributed by atoms with E-state index >= 15 is 0 Å². The first-order valence-electron chi connectivity index (χ1n) is 10.1. The van der Waals surface area contributed by atoms with E-state index < -0.39 is 23.5 Å². The number of unbranched alkanes of at least 4 members (excludes halogenated alkanes) is 2. The molecule has 1 fully saturated rings. The van der Waals surface area contributed by atoms with Gasteiger partial charge in [-0.2, -0.15) is 0 Å². The minimum absolute atomic E-state index is 0.00740. The van der Waals surface area contributed by atoms with Crippen LogP contribution in [0.5, 0.6) is 5.75 Å². The second kappa shape index (κ2) is 9.11. The van der Waals surface area contributed by atoms with Crippen molar-refractivity contribution in [2.75, 3.05) is 13.7 Å². The van der Waals surface area contributed by atoms with Crippen molar-refractivity contribution >= 4 is 17.4 Å². The SMILES string of the molecule is CCCCCN1C(=O)C(=O)/C(=C(/O)c2cc(C)ccc2OC)C1c1ccc(F)cc1. The van der Waals surface area contributed by atoms with Gasteiger partial charge in [0, 0.05) is 6.54 Å². The Kier molecular flexibility index (Phi) is 6.55. The molecule has 1 aliphatic heterocycles. The Morgan fingerprint density at radius 1 is 1.13 bits per heavy atom. The third-order valence-electron chi connectivity index (χ3n) is 5.34. The van der Waals surface area contributed by atoms with Crippen LogP contribution in [0.2, 0.25) is 0 Å². The molecule has 1 unspecified atom stereocenters. The average Bonchev–Trinajstić information content (AvgIpc) is 2.99. The highest BCUT2D eigenvalue weighted by Gasteiger charge is 2.46. The molecule has 0 bridgehead atoms. The number of likely N-dealkylation sites (tertiary alicyclic amines) is 1. The Labute approximate surface area is 175 Å². The smallest absolute Gasteiger partial charge is 0.295 e. The first-order chi connectivity index (χ1) is 14.4. The highest BCUT2D eigenvalue weighted by atomic mass is 19.1. The summed E-state index contributed by atoms with van der Waals surface area (Å²) in [6, 6.07) is 10.1. The molecule has 1 amide bonds. The molecule has 2 aromatic carbocycles. The first-order valence-corrected chi connectivity index (χ1v) is 10.1. The fourth-order valence-corrected chi connectivity index (χ4v) is 3.79. The van der Waals surface area contributed by atoms with Crippen molar-refractivity contribution in [1.82, 2.24) is 4.90 Å². The summed E-state index contributed by atoms with van der Waals surface area (Å²) in [6.07, 6.45) is 2.60. The van der Waals surface area contributed by atoms with Gasteiger partial charge >= 0.3 is 0 Å². The van der Waals surface area contributed by atoms with Gasteiger partial charge in [-0.15, -0.1) is 0 Å². The predicted octanol–water partition coefficient (Wildman–Crippen LogP) is 4.75. The van der Waals surface area contributed by atoms with Crippen LogP contribution < -0.4 is 4.74 Å². The largest absolute Gasteiger partial charge is 0.507 e. The lowest BCUT2D eigenvalue weighted by Crippen LogP contribution is -2.30. The number of carbonyl (C=O) groups is 2. The number of hydrogen-bond donors (Lipinski definition) is 1. The number of amides is 1. The lowest BCUT2D eigenvalue weighted by Gasteiger charge is -2.25. The van der Waals surface area contributed by atoms with Gasteiger partial charge in [0.1, 0.15) is 17.3 Å². The number of aliphatic hydroxyl groups excluding tert-OH is 1. The predicted molar refractivity (Wildman–Crippen MR) is 113 cm³/mol. The van der Waals surface area contributed by atoms with E-state index in [1.807, 2.05) is 13.0 Å². The third kappa shape index (κ3) is 4.08. The fourth-order valence-electron chi connectivity index (χ4n) is 3.79. The summed E-state index contributed by atoms with van der Waals surface area (Å²) in [6.45, 7) is 4.29. The van der Waals surface area contributed by atoms with Crippen molar-refractivity contribution in [1.29, 1.82) is 0 Å². The van der Waals surface area contributed by atoms with E-state index in [4.69, 9.17) is 4.74 Å². The third-order valence-corrected chi connectivity index (χ3v) is 5.34. The van der Waals surface area contributed by atoms with E-state index in [0.29, 0.717) is 23.4 Å². The number of benzene rings is 2. The Morgan fingerprint density at radius 3 is 2.47 bits per heavy atom. The number of ketones is 1. The molecule has 5 nitrogen and oxygen atoms in total. The van der Waals surface area contributed by atoms with Gasteiger partial charge in [-0.25, -0.2) is 4.39 Å². The van der Waals surface area contributed by atoms with Gasteiger partial charge in [-0.05, 0) is 43.2 Å². The van der Waals surface area contributed by atoms with Gasteiger partial charge in [-0.3, -0.25) is 9.59 Å². The summed E-state index contributed by atoms with van der Waals surface area (Å²) in [5.41, 5.74) is 1.77. The van der Waals surface area contributed by atoms with Gasteiger partial charge in [0.15, 0.2) is 0 Å².